The molecule has 1 aromatic heterocycles. The van der Waals surface area contributed by atoms with Crippen molar-refractivity contribution < 1.29 is 18.1 Å². The number of anilines is 2. The summed E-state index contributed by atoms with van der Waals surface area (Å²) >= 11 is 0. The van der Waals surface area contributed by atoms with Crippen LogP contribution in [0.25, 0.3) is 0 Å². The molecule has 1 saturated heterocycles. The summed E-state index contributed by atoms with van der Waals surface area (Å²) in [5.41, 5.74) is 3.57. The molecule has 30 heavy (non-hydrogen) atoms. The first-order valence-electron chi connectivity index (χ1n) is 9.57. The molecule has 1 aromatic carbocycles. The molecule has 2 aliphatic heterocycles. The third-order valence-corrected chi connectivity index (χ3v) is 5.66. The van der Waals surface area contributed by atoms with Gasteiger partial charge in [-0.05, 0) is 25.1 Å². The minimum Gasteiger partial charge on any atom is -0.442 e. The van der Waals surface area contributed by atoms with E-state index in [4.69, 9.17) is 4.74 Å². The van der Waals surface area contributed by atoms with Crippen LogP contribution in [0.2, 0.25) is 0 Å². The maximum absolute atomic E-state index is 14.9. The summed E-state index contributed by atoms with van der Waals surface area (Å²) in [6.45, 7) is 7.42. The average molecular weight is 434 g/mol. The van der Waals surface area contributed by atoms with Crippen molar-refractivity contribution in [3.8, 4) is 0 Å². The molecule has 0 radical (unpaired) electrons. The Kier molecular flexibility index (Phi) is 5.50. The van der Waals surface area contributed by atoms with Crippen molar-refractivity contribution in [3.63, 3.8) is 0 Å². The predicted molar refractivity (Wildman–Crippen MR) is 113 cm³/mol. The largest absolute Gasteiger partial charge is 0.442 e. The number of benzene rings is 1. The first-order valence-corrected chi connectivity index (χ1v) is 11.3. The van der Waals surface area contributed by atoms with Crippen LogP contribution in [0.3, 0.4) is 0 Å². The highest BCUT2D eigenvalue weighted by molar-refractivity contribution is 7.83. The Labute approximate surface area is 176 Å². The molecule has 3 heterocycles. The molecule has 1 unspecified atom stereocenters. The summed E-state index contributed by atoms with van der Waals surface area (Å²) in [4.78, 5) is 15.5. The number of hydrogen-bond acceptors (Lipinski definition) is 6. The van der Waals surface area contributed by atoms with E-state index in [1.54, 1.807) is 23.1 Å². The summed E-state index contributed by atoms with van der Waals surface area (Å²) in [6, 6.07) is 4.77. The Morgan fingerprint density at radius 1 is 1.43 bits per heavy atom. The molecule has 0 saturated carbocycles. The Hall–Kier alpha value is -2.88. The predicted octanol–water partition coefficient (Wildman–Crippen LogP) is 2.33. The summed E-state index contributed by atoms with van der Waals surface area (Å²) in [6.07, 6.45) is 2.69. The van der Waals surface area contributed by atoms with E-state index in [9.17, 15) is 13.4 Å². The molecule has 1 N–H and O–H groups in total. The SMILES string of the molecule is C=C(C)NC[C@H]1CN(c2ccc(N3Cc4cn(CS(C)=O)nc4C3)c(F)c2)C(=O)O1. The van der Waals surface area contributed by atoms with Gasteiger partial charge in [0.1, 0.15) is 17.8 Å². The lowest BCUT2D eigenvalue weighted by Gasteiger charge is -2.21. The van der Waals surface area contributed by atoms with E-state index in [0.29, 0.717) is 43.4 Å². The molecule has 0 aliphatic carbocycles. The summed E-state index contributed by atoms with van der Waals surface area (Å²) in [7, 11) is -0.975. The van der Waals surface area contributed by atoms with Gasteiger partial charge in [-0.3, -0.25) is 13.8 Å². The highest BCUT2D eigenvalue weighted by Crippen LogP contribution is 2.32. The topological polar surface area (TPSA) is 79.7 Å². The van der Waals surface area contributed by atoms with Gasteiger partial charge in [-0.1, -0.05) is 6.58 Å². The quantitative estimate of drug-likeness (QED) is 0.722. The average Bonchev–Trinajstić information content (AvgIpc) is 3.32. The molecule has 4 rings (SSSR count). The number of nitrogens with zero attached hydrogens (tertiary/aromatic N) is 4. The lowest BCUT2D eigenvalue weighted by molar-refractivity contribution is 0.141. The first-order chi connectivity index (χ1) is 14.3. The number of carbonyl (C=O) groups excluding carboxylic acids is 1. The van der Waals surface area contributed by atoms with Gasteiger partial charge in [0.2, 0.25) is 0 Å². The maximum Gasteiger partial charge on any atom is 0.414 e. The van der Waals surface area contributed by atoms with E-state index in [-0.39, 0.29) is 6.10 Å². The number of fused-ring (bicyclic) bond motifs is 1. The number of ether oxygens (including phenoxy) is 1. The van der Waals surface area contributed by atoms with Crippen molar-refractivity contribution in [1.29, 1.82) is 0 Å². The monoisotopic (exact) mass is 433 g/mol. The second-order valence-corrected chi connectivity index (χ2v) is 9.02. The highest BCUT2D eigenvalue weighted by Gasteiger charge is 2.33. The summed E-state index contributed by atoms with van der Waals surface area (Å²) in [5.74, 6) is -0.0540. The number of amides is 1. The molecule has 1 fully saturated rings. The number of halogens is 1. The van der Waals surface area contributed by atoms with Gasteiger partial charge in [0.25, 0.3) is 0 Å². The Morgan fingerprint density at radius 2 is 2.23 bits per heavy atom. The van der Waals surface area contributed by atoms with Crippen molar-refractivity contribution in [2.45, 2.75) is 32.0 Å². The number of allylic oxidation sites excluding steroid dienone is 1. The van der Waals surface area contributed by atoms with Crippen molar-refractivity contribution in [3.05, 3.63) is 53.7 Å². The van der Waals surface area contributed by atoms with Crippen molar-refractivity contribution >= 4 is 28.3 Å². The maximum atomic E-state index is 14.9. The van der Waals surface area contributed by atoms with E-state index in [1.807, 2.05) is 18.0 Å². The molecule has 2 aromatic rings. The van der Waals surface area contributed by atoms with Gasteiger partial charge in [0, 0.05) is 41.1 Å². The highest BCUT2D eigenvalue weighted by atomic mass is 32.2. The van der Waals surface area contributed by atoms with E-state index < -0.39 is 22.7 Å². The van der Waals surface area contributed by atoms with Crippen LogP contribution in [0.1, 0.15) is 18.2 Å². The van der Waals surface area contributed by atoms with Gasteiger partial charge < -0.3 is 15.0 Å². The number of nitrogens with one attached hydrogen (secondary N) is 1. The molecule has 2 aliphatic rings. The molecule has 160 valence electrons. The fraction of sp³-hybridized carbons (Fsp3) is 0.400. The number of aromatic nitrogens is 2. The fourth-order valence-electron chi connectivity index (χ4n) is 3.68. The van der Waals surface area contributed by atoms with Crippen LogP contribution in [0.5, 0.6) is 0 Å². The normalized spacial score (nSPS) is 19.0. The van der Waals surface area contributed by atoms with Crippen LogP contribution in [0.15, 0.2) is 36.7 Å². The van der Waals surface area contributed by atoms with Crippen LogP contribution < -0.4 is 15.1 Å². The van der Waals surface area contributed by atoms with Crippen molar-refractivity contribution in [2.75, 3.05) is 29.1 Å². The number of cyclic esters (lactones) is 1. The van der Waals surface area contributed by atoms with Crippen LogP contribution in [-0.2, 0) is 34.5 Å². The minimum absolute atomic E-state index is 0.319. The molecule has 8 nitrogen and oxygen atoms in total. The van der Waals surface area contributed by atoms with Gasteiger partial charge in [-0.2, -0.15) is 5.10 Å². The van der Waals surface area contributed by atoms with Gasteiger partial charge in [-0.15, -0.1) is 0 Å². The Morgan fingerprint density at radius 3 is 2.90 bits per heavy atom. The fourth-order valence-corrected chi connectivity index (χ4v) is 4.18. The number of carbonyl (C=O) groups is 1. The second kappa shape index (κ2) is 8.10. The zero-order chi connectivity index (χ0) is 21.4. The van der Waals surface area contributed by atoms with Gasteiger partial charge in [0.05, 0.1) is 36.7 Å². The van der Waals surface area contributed by atoms with Crippen molar-refractivity contribution in [1.82, 2.24) is 15.1 Å². The van der Waals surface area contributed by atoms with Gasteiger partial charge >= 0.3 is 6.09 Å². The smallest absolute Gasteiger partial charge is 0.414 e. The lowest BCUT2D eigenvalue weighted by Crippen LogP contribution is -2.30. The molecule has 1 amide bonds. The third kappa shape index (κ3) is 4.18. The Balaban J connectivity index is 1.44. The Bertz CT molecular complexity index is 1000. The second-order valence-electron chi connectivity index (χ2n) is 7.61. The molecular weight excluding hydrogens is 409 g/mol. The summed E-state index contributed by atoms with van der Waals surface area (Å²) in [5, 5.41) is 7.50. The minimum atomic E-state index is -0.975. The molecule has 10 heteroatoms. The molecule has 0 bridgehead atoms. The van der Waals surface area contributed by atoms with Gasteiger partial charge in [-0.25, -0.2) is 9.18 Å². The molecule has 0 spiro atoms. The van der Waals surface area contributed by atoms with Crippen molar-refractivity contribution in [2.24, 2.45) is 0 Å². The number of hydrogen-bond donors (Lipinski definition) is 1. The van der Waals surface area contributed by atoms with E-state index in [0.717, 1.165) is 17.0 Å². The van der Waals surface area contributed by atoms with Gasteiger partial charge in [0.15, 0.2) is 0 Å². The van der Waals surface area contributed by atoms with E-state index in [1.165, 1.54) is 11.0 Å². The van der Waals surface area contributed by atoms with Crippen LogP contribution >= 0.6 is 0 Å². The first kappa shape index (κ1) is 20.4. The van der Waals surface area contributed by atoms with Crippen LogP contribution in [-0.4, -0.2) is 45.5 Å². The lowest BCUT2D eigenvalue weighted by atomic mass is 10.2. The number of rotatable bonds is 7. The molecule has 2 atom stereocenters. The standard InChI is InChI=1S/C20H24FN5O3S/c1-13(2)22-7-16-10-26(20(27)29-16)15-4-5-19(17(21)6-15)24-8-14-9-25(12-30(3)28)23-18(14)11-24/h4-6,9,16,22H,1,7-8,10-12H2,2-3H3/t16-,30?/m0/s1. The van der Waals surface area contributed by atoms with Crippen LogP contribution in [0, 0.1) is 5.82 Å². The van der Waals surface area contributed by atoms with E-state index >= 15 is 0 Å². The third-order valence-electron chi connectivity index (χ3n) is 5.03. The summed E-state index contributed by atoms with van der Waals surface area (Å²) < 4.78 is 33.3. The van der Waals surface area contributed by atoms with E-state index in [2.05, 4.69) is 17.0 Å². The zero-order valence-electron chi connectivity index (χ0n) is 16.9. The molecular formula is C20H24FN5O3S. The van der Waals surface area contributed by atoms with Crippen LogP contribution in [0.4, 0.5) is 20.6 Å². The zero-order valence-corrected chi connectivity index (χ0v) is 17.7.